The maximum atomic E-state index is 13.8. The highest BCUT2D eigenvalue weighted by Gasteiger charge is 2.45. The Balaban J connectivity index is 0.000000127. The lowest BCUT2D eigenvalue weighted by Crippen LogP contribution is -2.10. The number of nitrogens with two attached hydrogens (primary N) is 1. The van der Waals surface area contributed by atoms with Crippen LogP contribution in [0.25, 0.3) is 32.7 Å². The van der Waals surface area contributed by atoms with Crippen LogP contribution in [0.1, 0.15) is 147 Å². The second-order valence-electron chi connectivity index (χ2n) is 25.7. The zero-order chi connectivity index (χ0) is 60.7. The average molecular weight is 1170 g/mol. The molecule has 5 aromatic carbocycles. The van der Waals surface area contributed by atoms with E-state index in [2.05, 4.69) is 38.9 Å². The van der Waals surface area contributed by atoms with Crippen molar-refractivity contribution in [2.75, 3.05) is 12.8 Å². The molecule has 3 N–H and O–H groups in total. The van der Waals surface area contributed by atoms with Crippen molar-refractivity contribution in [1.29, 1.82) is 0 Å². The number of aromatic nitrogens is 3. The highest BCUT2D eigenvalue weighted by molar-refractivity contribution is 5.85. The van der Waals surface area contributed by atoms with Crippen LogP contribution in [0.5, 0.6) is 0 Å². The van der Waals surface area contributed by atoms with Crippen LogP contribution in [0.15, 0.2) is 140 Å². The second kappa shape index (κ2) is 27.1. The van der Waals surface area contributed by atoms with Gasteiger partial charge in [-0.2, -0.15) is 0 Å². The van der Waals surface area contributed by atoms with Gasteiger partial charge in [0.1, 0.15) is 23.2 Å². The number of aliphatic carboxylic acids is 1. The van der Waals surface area contributed by atoms with Gasteiger partial charge in [0.15, 0.2) is 0 Å². The van der Waals surface area contributed by atoms with Crippen molar-refractivity contribution < 1.29 is 37.4 Å². The van der Waals surface area contributed by atoms with Crippen LogP contribution in [0.2, 0.25) is 0 Å². The molecule has 87 heavy (non-hydrogen) atoms. The first-order chi connectivity index (χ1) is 42.1. The summed E-state index contributed by atoms with van der Waals surface area (Å²) in [6, 6.07) is 35.6. The molecule has 9 nitrogen and oxygen atoms in total. The zero-order valence-electron chi connectivity index (χ0n) is 49.3. The Hall–Kier alpha value is -8.35. The monoisotopic (exact) mass is 1170 g/mol. The molecule has 0 aliphatic heterocycles. The number of nitrogens with zero attached hydrogens (tertiary/aromatic N) is 3. The minimum absolute atomic E-state index is 0.0906. The van der Waals surface area contributed by atoms with Gasteiger partial charge in [0.05, 0.1) is 23.7 Å². The number of carboxylic acids is 1. The molecule has 14 rings (SSSR count). The molecule has 6 aliphatic carbocycles. The smallest absolute Gasteiger partial charge is 0.305 e. The molecule has 6 unspecified atom stereocenters. The summed E-state index contributed by atoms with van der Waals surface area (Å²) >= 11 is 0. The molecule has 0 spiro atoms. The van der Waals surface area contributed by atoms with E-state index in [1.165, 1.54) is 42.0 Å². The molecular formula is C75H75F3N4O5. The minimum atomic E-state index is -0.679. The van der Waals surface area contributed by atoms with E-state index in [0.717, 1.165) is 132 Å². The van der Waals surface area contributed by atoms with Gasteiger partial charge >= 0.3 is 11.9 Å². The van der Waals surface area contributed by atoms with Crippen LogP contribution in [-0.4, -0.2) is 44.9 Å². The van der Waals surface area contributed by atoms with Gasteiger partial charge in [-0.1, -0.05) is 24.0 Å². The number of ether oxygens (including phenoxy) is 1. The summed E-state index contributed by atoms with van der Waals surface area (Å²) in [4.78, 5) is 48.1. The van der Waals surface area contributed by atoms with Crippen LogP contribution >= 0.6 is 0 Å². The Bertz CT molecular complexity index is 3830. The van der Waals surface area contributed by atoms with Crippen LogP contribution in [0.3, 0.4) is 0 Å². The summed E-state index contributed by atoms with van der Waals surface area (Å²) in [5, 5.41) is 11.8. The molecule has 446 valence electrons. The molecule has 0 bridgehead atoms. The second-order valence-corrected chi connectivity index (χ2v) is 25.7. The number of hydrogen-bond donors (Lipinski definition) is 2. The SMILES string of the molecule is C#Cc1ccc(CC(=O)CC2C[C@@H]3CC(c4ccnc5ccc(F)cc45)C[C@@H]3C2)cc1.C#Cc1ccc(N)cc1.COC(=O)CC1C[C@@H]2CC(c3ccnc4ccc(F)cc34)C[C@@H]2C1.O=C(O)CC1C[C@@H]2CC(c3ccnc4ccc(F)cc34)C[C@@H]2C1. The number of Topliss-reactive ketones (excluding diaryl/α,β-unsaturated/α-hetero) is 1. The van der Waals surface area contributed by atoms with Gasteiger partial charge in [0, 0.05) is 77.2 Å². The van der Waals surface area contributed by atoms with Gasteiger partial charge in [0.25, 0.3) is 0 Å². The molecule has 6 aliphatic rings. The number of hydrogen-bond acceptors (Lipinski definition) is 8. The third-order valence-electron chi connectivity index (χ3n) is 20.1. The number of rotatable bonds is 11. The van der Waals surface area contributed by atoms with Crippen molar-refractivity contribution in [3.05, 3.63) is 191 Å². The third kappa shape index (κ3) is 14.6. The fourth-order valence-corrected chi connectivity index (χ4v) is 16.5. The number of carbonyl (C=O) groups is 3. The van der Waals surface area contributed by atoms with E-state index in [0.29, 0.717) is 102 Å². The van der Waals surface area contributed by atoms with Gasteiger partial charge in [-0.05, 0) is 280 Å². The molecule has 12 heteroatoms. The maximum absolute atomic E-state index is 13.8. The van der Waals surface area contributed by atoms with Crippen LogP contribution < -0.4 is 5.73 Å². The van der Waals surface area contributed by atoms with Crippen molar-refractivity contribution in [3.8, 4) is 24.7 Å². The number of pyridine rings is 3. The summed E-state index contributed by atoms with van der Waals surface area (Å²) < 4.78 is 45.9. The Kier molecular flexibility index (Phi) is 18.8. The van der Waals surface area contributed by atoms with Crippen LogP contribution in [0.4, 0.5) is 18.9 Å². The lowest BCUT2D eigenvalue weighted by atomic mass is 9.88. The van der Waals surface area contributed by atoms with Crippen molar-refractivity contribution in [1.82, 2.24) is 15.0 Å². The molecule has 12 atom stereocenters. The number of nitrogen functional groups attached to an aromatic ring is 1. The van der Waals surface area contributed by atoms with Gasteiger partial charge in [0.2, 0.25) is 0 Å². The average Bonchev–Trinajstić information content (AvgIpc) is 3.29. The van der Waals surface area contributed by atoms with Crippen molar-refractivity contribution in [2.45, 2.75) is 120 Å². The summed E-state index contributed by atoms with van der Waals surface area (Å²) in [5.41, 5.74) is 15.2. The number of anilines is 1. The normalized spacial score (nSPS) is 25.5. The fourth-order valence-electron chi connectivity index (χ4n) is 16.5. The fraction of sp³-hybridized carbons (Fsp3) is 0.387. The Morgan fingerprint density at radius 1 is 0.494 bits per heavy atom. The van der Waals surface area contributed by atoms with Crippen molar-refractivity contribution >= 4 is 56.1 Å². The van der Waals surface area contributed by atoms with E-state index in [-0.39, 0.29) is 23.4 Å². The zero-order valence-corrected chi connectivity index (χ0v) is 49.3. The van der Waals surface area contributed by atoms with Crippen LogP contribution in [-0.2, 0) is 25.5 Å². The quantitative estimate of drug-likeness (QED) is 0.0734. The van der Waals surface area contributed by atoms with Crippen molar-refractivity contribution in [3.63, 3.8) is 0 Å². The number of fused-ring (bicyclic) bond motifs is 6. The van der Waals surface area contributed by atoms with Gasteiger partial charge in [-0.15, -0.1) is 12.8 Å². The number of ketones is 1. The number of benzene rings is 5. The minimum Gasteiger partial charge on any atom is -0.481 e. The summed E-state index contributed by atoms with van der Waals surface area (Å²) in [6.45, 7) is 0. The van der Waals surface area contributed by atoms with Gasteiger partial charge in [-0.25, -0.2) is 13.2 Å². The molecule has 3 heterocycles. The van der Waals surface area contributed by atoms with E-state index < -0.39 is 5.97 Å². The molecule has 8 aromatic rings. The topological polar surface area (TPSA) is 145 Å². The first-order valence-electron chi connectivity index (χ1n) is 31.0. The molecule has 0 radical (unpaired) electrons. The predicted octanol–water partition coefficient (Wildman–Crippen LogP) is 16.2. The Morgan fingerprint density at radius 3 is 1.18 bits per heavy atom. The first-order valence-corrected chi connectivity index (χ1v) is 31.0. The van der Waals surface area contributed by atoms with E-state index in [4.69, 9.17) is 28.4 Å². The van der Waals surface area contributed by atoms with Gasteiger partial charge < -0.3 is 15.6 Å². The highest BCUT2D eigenvalue weighted by Crippen LogP contribution is 2.56. The van der Waals surface area contributed by atoms with Crippen LogP contribution in [0, 0.1) is 95.4 Å². The van der Waals surface area contributed by atoms with Gasteiger partial charge in [-0.3, -0.25) is 29.3 Å². The molecule has 0 amide bonds. The number of methoxy groups -OCH3 is 1. The number of carboxylic acid groups (broad SMARTS) is 1. The molecular weight excluding hydrogens is 1090 g/mol. The number of terminal acetylenes is 2. The molecule has 0 saturated heterocycles. The summed E-state index contributed by atoms with van der Waals surface area (Å²) in [5.74, 6) is 10.7. The highest BCUT2D eigenvalue weighted by atomic mass is 19.1. The Morgan fingerprint density at radius 2 is 0.839 bits per heavy atom. The third-order valence-corrected chi connectivity index (χ3v) is 20.1. The summed E-state index contributed by atoms with van der Waals surface area (Å²) in [7, 11) is 1.46. The maximum Gasteiger partial charge on any atom is 0.305 e. The van der Waals surface area contributed by atoms with E-state index >= 15 is 0 Å². The first kappa shape index (κ1) is 60.3. The largest absolute Gasteiger partial charge is 0.481 e. The lowest BCUT2D eigenvalue weighted by molar-refractivity contribution is -0.142. The molecule has 6 fully saturated rings. The molecule has 3 aromatic heterocycles. The number of carbonyl (C=O) groups excluding carboxylic acids is 2. The predicted molar refractivity (Wildman–Crippen MR) is 336 cm³/mol. The Labute approximate surface area is 508 Å². The molecule has 6 saturated carbocycles. The van der Waals surface area contributed by atoms with E-state index in [1.807, 2.05) is 61.1 Å². The van der Waals surface area contributed by atoms with Crippen molar-refractivity contribution in [2.24, 2.45) is 53.3 Å². The number of halogens is 3. The van der Waals surface area contributed by atoms with E-state index in [9.17, 15) is 27.6 Å². The summed E-state index contributed by atoms with van der Waals surface area (Å²) in [6.07, 6.45) is 31.4. The lowest BCUT2D eigenvalue weighted by Gasteiger charge is -2.16. The number of esters is 1. The van der Waals surface area contributed by atoms with E-state index in [1.54, 1.807) is 48.5 Å². The standard InChI is InChI=1S/C28H26FNO.C20H22FNO2.C19H20FNO2.C8H7N/c1-2-18-3-5-19(6-4-18)13-25(31)14-20-11-21-15-23(16-22(21)12-20)26-9-10-30-28-8-7-24(29)17-27(26)28;1-24-20(23)8-12-6-13-9-15(10-14(13)7-12)17-4-5-22-19-3-2-16(21)11-18(17)19;20-15-1-2-18-17(10-15)16(3-4-21-18)14-8-12-5-11(7-19(22)23)6-13(12)9-14;1-2-7-3-5-8(9)6-4-7/h1,3-10,17,20-23H,11-16H2;2-5,11-15H,6-10H2,1H3;1-4,10-14H,5-9H2,(H,22,23);1,3-6H,9H2/t20?,21-,22+,23?;12?,13-,14+,15?;11?,12-,13+,14?;.